The SMILES string of the molecule is CCOC(=O)C(=O)c1ccc(F)c2c1OCCCO2. The Morgan fingerprint density at radius 3 is 2.63 bits per heavy atom. The highest BCUT2D eigenvalue weighted by Gasteiger charge is 2.27. The molecule has 0 aliphatic carbocycles. The molecule has 1 aromatic rings. The van der Waals surface area contributed by atoms with E-state index in [0.29, 0.717) is 19.6 Å². The number of ether oxygens (including phenoxy) is 3. The van der Waals surface area contributed by atoms with Crippen molar-refractivity contribution < 1.29 is 28.2 Å². The molecule has 1 aliphatic heterocycles. The second-order valence-electron chi connectivity index (χ2n) is 3.85. The zero-order valence-electron chi connectivity index (χ0n) is 10.4. The predicted octanol–water partition coefficient (Wildman–Crippen LogP) is 1.73. The van der Waals surface area contributed by atoms with E-state index in [1.165, 1.54) is 6.07 Å². The predicted molar refractivity (Wildman–Crippen MR) is 63.0 cm³/mol. The van der Waals surface area contributed by atoms with Crippen molar-refractivity contribution in [2.75, 3.05) is 19.8 Å². The molecule has 0 radical (unpaired) electrons. The summed E-state index contributed by atoms with van der Waals surface area (Å²) in [6, 6.07) is 2.27. The molecule has 6 heteroatoms. The number of hydrogen-bond donors (Lipinski definition) is 0. The van der Waals surface area contributed by atoms with Crippen LogP contribution in [0.25, 0.3) is 0 Å². The lowest BCUT2D eigenvalue weighted by Crippen LogP contribution is -2.18. The Bertz CT molecular complexity index is 512. The van der Waals surface area contributed by atoms with Crippen LogP contribution in [0.5, 0.6) is 11.5 Å². The first-order chi connectivity index (χ1) is 9.15. The maximum Gasteiger partial charge on any atom is 0.379 e. The molecular weight excluding hydrogens is 255 g/mol. The molecule has 2 rings (SSSR count). The smallest absolute Gasteiger partial charge is 0.379 e. The summed E-state index contributed by atoms with van der Waals surface area (Å²) in [6.45, 7) is 2.27. The van der Waals surface area contributed by atoms with Gasteiger partial charge in [-0.05, 0) is 19.1 Å². The van der Waals surface area contributed by atoms with Crippen molar-refractivity contribution in [3.63, 3.8) is 0 Å². The van der Waals surface area contributed by atoms with Crippen LogP contribution in [-0.4, -0.2) is 31.6 Å². The van der Waals surface area contributed by atoms with Gasteiger partial charge in [0.1, 0.15) is 0 Å². The Hall–Kier alpha value is -2.11. The van der Waals surface area contributed by atoms with E-state index in [4.69, 9.17) is 9.47 Å². The van der Waals surface area contributed by atoms with E-state index in [2.05, 4.69) is 4.74 Å². The normalized spacial score (nSPS) is 13.6. The summed E-state index contributed by atoms with van der Waals surface area (Å²) in [5, 5.41) is 0. The molecule has 0 aromatic heterocycles. The Morgan fingerprint density at radius 1 is 1.26 bits per heavy atom. The second kappa shape index (κ2) is 5.69. The van der Waals surface area contributed by atoms with Crippen LogP contribution < -0.4 is 9.47 Å². The van der Waals surface area contributed by atoms with Crippen molar-refractivity contribution in [3.05, 3.63) is 23.5 Å². The largest absolute Gasteiger partial charge is 0.489 e. The van der Waals surface area contributed by atoms with Gasteiger partial charge in [0.2, 0.25) is 0 Å². The molecule has 0 saturated heterocycles. The van der Waals surface area contributed by atoms with Crippen LogP contribution in [0.15, 0.2) is 12.1 Å². The van der Waals surface area contributed by atoms with Crippen LogP contribution in [0.3, 0.4) is 0 Å². The molecule has 1 aliphatic rings. The second-order valence-corrected chi connectivity index (χ2v) is 3.85. The van der Waals surface area contributed by atoms with Crippen LogP contribution >= 0.6 is 0 Å². The number of fused-ring (bicyclic) bond motifs is 1. The average Bonchev–Trinajstić information content (AvgIpc) is 2.65. The van der Waals surface area contributed by atoms with Gasteiger partial charge in [-0.15, -0.1) is 0 Å². The zero-order valence-corrected chi connectivity index (χ0v) is 10.4. The molecule has 0 atom stereocenters. The van der Waals surface area contributed by atoms with E-state index < -0.39 is 17.6 Å². The number of benzene rings is 1. The average molecular weight is 268 g/mol. The molecular formula is C13H13FO5. The summed E-state index contributed by atoms with van der Waals surface area (Å²) < 4.78 is 28.8. The van der Waals surface area contributed by atoms with Gasteiger partial charge in [0.25, 0.3) is 5.78 Å². The molecule has 0 N–H and O–H groups in total. The monoisotopic (exact) mass is 268 g/mol. The van der Waals surface area contributed by atoms with Gasteiger partial charge >= 0.3 is 5.97 Å². The van der Waals surface area contributed by atoms with E-state index in [9.17, 15) is 14.0 Å². The van der Waals surface area contributed by atoms with Gasteiger partial charge in [0, 0.05) is 6.42 Å². The highest BCUT2D eigenvalue weighted by atomic mass is 19.1. The third-order valence-electron chi connectivity index (χ3n) is 2.55. The van der Waals surface area contributed by atoms with Crippen molar-refractivity contribution in [1.82, 2.24) is 0 Å². The van der Waals surface area contributed by atoms with Gasteiger partial charge in [0.15, 0.2) is 17.3 Å². The number of halogens is 1. The van der Waals surface area contributed by atoms with E-state index in [1.54, 1.807) is 6.92 Å². The number of Topliss-reactive ketones (excluding diaryl/α,β-unsaturated/α-hetero) is 1. The fourth-order valence-corrected chi connectivity index (χ4v) is 1.71. The molecule has 0 unspecified atom stereocenters. The summed E-state index contributed by atoms with van der Waals surface area (Å²) in [5.41, 5.74) is -0.0447. The molecule has 5 nitrogen and oxygen atoms in total. The van der Waals surface area contributed by atoms with E-state index in [1.807, 2.05) is 0 Å². The zero-order chi connectivity index (χ0) is 13.8. The van der Waals surface area contributed by atoms with Crippen molar-refractivity contribution in [1.29, 1.82) is 0 Å². The third kappa shape index (κ3) is 2.67. The van der Waals surface area contributed by atoms with Crippen molar-refractivity contribution in [3.8, 4) is 11.5 Å². The van der Waals surface area contributed by atoms with Gasteiger partial charge in [-0.1, -0.05) is 0 Å². The maximum atomic E-state index is 13.6. The molecule has 0 saturated carbocycles. The molecule has 0 spiro atoms. The van der Waals surface area contributed by atoms with Gasteiger partial charge in [-0.25, -0.2) is 9.18 Å². The van der Waals surface area contributed by atoms with Crippen LogP contribution in [0.4, 0.5) is 4.39 Å². The maximum absolute atomic E-state index is 13.6. The summed E-state index contributed by atoms with van der Waals surface area (Å²) in [6.07, 6.45) is 0.571. The first kappa shape index (κ1) is 13.3. The van der Waals surface area contributed by atoms with Gasteiger partial charge in [-0.2, -0.15) is 0 Å². The van der Waals surface area contributed by atoms with E-state index in [0.717, 1.165) is 6.07 Å². The number of carbonyl (C=O) groups is 2. The molecule has 0 fully saturated rings. The number of esters is 1. The first-order valence-electron chi connectivity index (χ1n) is 5.94. The van der Waals surface area contributed by atoms with E-state index in [-0.39, 0.29) is 23.7 Å². The Balaban J connectivity index is 2.41. The van der Waals surface area contributed by atoms with Crippen LogP contribution in [-0.2, 0) is 9.53 Å². The third-order valence-corrected chi connectivity index (χ3v) is 2.55. The highest BCUT2D eigenvalue weighted by molar-refractivity contribution is 6.41. The summed E-state index contributed by atoms with van der Waals surface area (Å²) in [4.78, 5) is 23.3. The summed E-state index contributed by atoms with van der Waals surface area (Å²) in [5.74, 6) is -2.66. The molecule has 0 amide bonds. The Morgan fingerprint density at radius 2 is 1.95 bits per heavy atom. The minimum Gasteiger partial charge on any atom is -0.489 e. The molecule has 1 aromatic carbocycles. The lowest BCUT2D eigenvalue weighted by molar-refractivity contribution is -0.137. The number of carbonyl (C=O) groups excluding carboxylic acids is 2. The van der Waals surface area contributed by atoms with Crippen molar-refractivity contribution >= 4 is 11.8 Å². The van der Waals surface area contributed by atoms with E-state index >= 15 is 0 Å². The van der Waals surface area contributed by atoms with Crippen LogP contribution in [0.1, 0.15) is 23.7 Å². The molecule has 0 bridgehead atoms. The molecule has 19 heavy (non-hydrogen) atoms. The van der Waals surface area contributed by atoms with Crippen molar-refractivity contribution in [2.45, 2.75) is 13.3 Å². The fraction of sp³-hybridized carbons (Fsp3) is 0.385. The quantitative estimate of drug-likeness (QED) is 0.474. The fourth-order valence-electron chi connectivity index (χ4n) is 1.71. The van der Waals surface area contributed by atoms with Gasteiger partial charge in [-0.3, -0.25) is 4.79 Å². The minimum absolute atomic E-state index is 0.0319. The van der Waals surface area contributed by atoms with Crippen LogP contribution in [0, 0.1) is 5.82 Å². The Labute approximate surface area is 109 Å². The number of rotatable bonds is 3. The summed E-state index contributed by atoms with van der Waals surface area (Å²) >= 11 is 0. The minimum atomic E-state index is -0.996. The summed E-state index contributed by atoms with van der Waals surface area (Å²) in [7, 11) is 0. The lowest BCUT2D eigenvalue weighted by Gasteiger charge is -2.11. The van der Waals surface area contributed by atoms with Crippen molar-refractivity contribution in [2.24, 2.45) is 0 Å². The Kier molecular flexibility index (Phi) is 3.99. The topological polar surface area (TPSA) is 61.8 Å². The van der Waals surface area contributed by atoms with Gasteiger partial charge in [0.05, 0.1) is 25.4 Å². The number of hydrogen-bond acceptors (Lipinski definition) is 5. The van der Waals surface area contributed by atoms with Crippen LogP contribution in [0.2, 0.25) is 0 Å². The molecule has 102 valence electrons. The van der Waals surface area contributed by atoms with Gasteiger partial charge < -0.3 is 14.2 Å². The first-order valence-corrected chi connectivity index (χ1v) is 5.94. The molecule has 1 heterocycles. The number of ketones is 1. The lowest BCUT2D eigenvalue weighted by atomic mass is 10.1. The highest BCUT2D eigenvalue weighted by Crippen LogP contribution is 2.36. The standard InChI is InChI=1S/C13H13FO5/c1-2-17-13(16)10(15)8-4-5-9(14)12-11(8)18-6-3-7-19-12/h4-5H,2-3,6-7H2,1H3.